The lowest BCUT2D eigenvalue weighted by molar-refractivity contribution is 0.269. The van der Waals surface area contributed by atoms with E-state index in [9.17, 15) is 0 Å². The van der Waals surface area contributed by atoms with Crippen LogP contribution in [0.2, 0.25) is 0 Å². The smallest absolute Gasteiger partial charge is 0.0570 e. The maximum Gasteiger partial charge on any atom is 0.0570 e. The molecule has 1 aromatic heterocycles. The fourth-order valence-corrected chi connectivity index (χ4v) is 3.49. The van der Waals surface area contributed by atoms with E-state index < -0.39 is 0 Å². The molecule has 0 aliphatic heterocycles. The highest BCUT2D eigenvalue weighted by molar-refractivity contribution is 9.10. The predicted molar refractivity (Wildman–Crippen MR) is 85.7 cm³/mol. The first-order chi connectivity index (χ1) is 9.74. The van der Waals surface area contributed by atoms with Crippen LogP contribution in [0.15, 0.2) is 53.1 Å². The Morgan fingerprint density at radius 1 is 1.15 bits per heavy atom. The number of benzene rings is 1. The van der Waals surface area contributed by atoms with Gasteiger partial charge in [-0.3, -0.25) is 4.98 Å². The highest BCUT2D eigenvalue weighted by Gasteiger charge is 2.32. The lowest BCUT2D eigenvalue weighted by Crippen LogP contribution is -2.41. The molecule has 20 heavy (non-hydrogen) atoms. The van der Waals surface area contributed by atoms with E-state index in [1.807, 2.05) is 18.3 Å². The zero-order valence-corrected chi connectivity index (χ0v) is 13.2. The Morgan fingerprint density at radius 3 is 2.60 bits per heavy atom. The molecule has 2 nitrogen and oxygen atoms in total. The summed E-state index contributed by atoms with van der Waals surface area (Å²) >= 11 is 3.65. The van der Waals surface area contributed by atoms with E-state index >= 15 is 0 Å². The number of hydrogen-bond acceptors (Lipinski definition) is 2. The molecule has 104 valence electrons. The fraction of sp³-hybridized carbons (Fsp3) is 0.353. The van der Waals surface area contributed by atoms with Gasteiger partial charge in [-0.15, -0.1) is 0 Å². The van der Waals surface area contributed by atoms with Crippen molar-refractivity contribution in [3.8, 4) is 0 Å². The second kappa shape index (κ2) is 6.06. The number of halogens is 1. The molecule has 2 aromatic rings. The summed E-state index contributed by atoms with van der Waals surface area (Å²) < 4.78 is 1.24. The highest BCUT2D eigenvalue weighted by Crippen LogP contribution is 2.40. The van der Waals surface area contributed by atoms with Crippen LogP contribution in [0, 0.1) is 0 Å². The molecule has 1 N–H and O–H groups in total. The van der Waals surface area contributed by atoms with Gasteiger partial charge in [0.2, 0.25) is 0 Å². The minimum absolute atomic E-state index is 0.321. The van der Waals surface area contributed by atoms with Crippen LogP contribution in [-0.4, -0.2) is 11.0 Å². The lowest BCUT2D eigenvalue weighted by atomic mass is 9.75. The SMILES string of the molecule is CC(NC1CC(c2ccccc2Br)C1)c1ccccn1. The zero-order chi connectivity index (χ0) is 13.9. The Morgan fingerprint density at radius 2 is 1.90 bits per heavy atom. The van der Waals surface area contributed by atoms with E-state index in [4.69, 9.17) is 0 Å². The molecular formula is C17H19BrN2. The molecule has 1 aromatic carbocycles. The third kappa shape index (κ3) is 2.94. The van der Waals surface area contributed by atoms with Crippen LogP contribution in [0.4, 0.5) is 0 Å². The maximum atomic E-state index is 4.41. The first-order valence-corrected chi connectivity index (χ1v) is 7.94. The van der Waals surface area contributed by atoms with Gasteiger partial charge < -0.3 is 5.32 Å². The first-order valence-electron chi connectivity index (χ1n) is 7.15. The minimum Gasteiger partial charge on any atom is -0.306 e. The Bertz CT molecular complexity index is 564. The highest BCUT2D eigenvalue weighted by atomic mass is 79.9. The average molecular weight is 331 g/mol. The van der Waals surface area contributed by atoms with Gasteiger partial charge in [0.15, 0.2) is 0 Å². The molecule has 0 amide bonds. The third-order valence-electron chi connectivity index (χ3n) is 4.10. The largest absolute Gasteiger partial charge is 0.306 e. The molecule has 1 unspecified atom stereocenters. The van der Waals surface area contributed by atoms with E-state index in [2.05, 4.69) is 63.5 Å². The maximum absolute atomic E-state index is 4.41. The van der Waals surface area contributed by atoms with Crippen LogP contribution >= 0.6 is 15.9 Å². The summed E-state index contributed by atoms with van der Waals surface area (Å²) in [7, 11) is 0. The Kier molecular flexibility index (Phi) is 4.18. The van der Waals surface area contributed by atoms with Crippen LogP contribution in [0.1, 0.15) is 43.0 Å². The molecule has 1 heterocycles. The van der Waals surface area contributed by atoms with Crippen molar-refractivity contribution in [2.24, 2.45) is 0 Å². The van der Waals surface area contributed by atoms with Gasteiger partial charge in [-0.05, 0) is 49.4 Å². The monoisotopic (exact) mass is 330 g/mol. The molecule has 1 aliphatic carbocycles. The standard InChI is InChI=1S/C17H19BrN2/c1-12(17-8-4-5-9-19-17)20-14-10-13(11-14)15-6-2-3-7-16(15)18/h2-9,12-14,20H,10-11H2,1H3. The molecule has 3 rings (SSSR count). The van der Waals surface area contributed by atoms with Crippen molar-refractivity contribution >= 4 is 15.9 Å². The topological polar surface area (TPSA) is 24.9 Å². The Hall–Kier alpha value is -1.19. The molecule has 1 atom stereocenters. The number of pyridine rings is 1. The van der Waals surface area contributed by atoms with Crippen molar-refractivity contribution in [2.75, 3.05) is 0 Å². The molecule has 0 spiro atoms. The second-order valence-electron chi connectivity index (χ2n) is 5.53. The molecule has 0 saturated heterocycles. The second-order valence-corrected chi connectivity index (χ2v) is 6.38. The van der Waals surface area contributed by atoms with E-state index in [1.54, 1.807) is 0 Å². The first kappa shape index (κ1) is 13.8. The molecule has 1 saturated carbocycles. The fourth-order valence-electron chi connectivity index (χ4n) is 2.89. The van der Waals surface area contributed by atoms with E-state index in [0.29, 0.717) is 18.0 Å². The van der Waals surface area contributed by atoms with Crippen LogP contribution < -0.4 is 5.32 Å². The Balaban J connectivity index is 1.55. The quantitative estimate of drug-likeness (QED) is 0.896. The summed E-state index contributed by atoms with van der Waals surface area (Å²) in [5.41, 5.74) is 2.56. The van der Waals surface area contributed by atoms with Gasteiger partial charge in [0.25, 0.3) is 0 Å². The van der Waals surface area contributed by atoms with Crippen molar-refractivity contribution in [3.05, 3.63) is 64.4 Å². The molecule has 1 fully saturated rings. The van der Waals surface area contributed by atoms with Gasteiger partial charge in [-0.2, -0.15) is 0 Å². The van der Waals surface area contributed by atoms with Crippen molar-refractivity contribution in [3.63, 3.8) is 0 Å². The number of nitrogens with one attached hydrogen (secondary N) is 1. The van der Waals surface area contributed by atoms with E-state index in [-0.39, 0.29) is 0 Å². The summed E-state index contributed by atoms with van der Waals surface area (Å²) in [5, 5.41) is 3.67. The third-order valence-corrected chi connectivity index (χ3v) is 4.82. The van der Waals surface area contributed by atoms with Gasteiger partial charge in [0.05, 0.1) is 5.69 Å². The summed E-state index contributed by atoms with van der Waals surface area (Å²) in [4.78, 5) is 4.41. The van der Waals surface area contributed by atoms with Gasteiger partial charge >= 0.3 is 0 Å². The van der Waals surface area contributed by atoms with E-state index in [1.165, 1.54) is 22.9 Å². The molecule has 3 heteroatoms. The average Bonchev–Trinajstić information content (AvgIpc) is 2.44. The summed E-state index contributed by atoms with van der Waals surface area (Å²) in [6, 6.07) is 15.6. The molecule has 0 radical (unpaired) electrons. The van der Waals surface area contributed by atoms with Crippen LogP contribution in [-0.2, 0) is 0 Å². The van der Waals surface area contributed by atoms with Crippen LogP contribution in [0.25, 0.3) is 0 Å². The molecular weight excluding hydrogens is 312 g/mol. The normalized spacial score (nSPS) is 23.1. The number of aromatic nitrogens is 1. The van der Waals surface area contributed by atoms with Gasteiger partial charge in [-0.1, -0.05) is 40.2 Å². The van der Waals surface area contributed by atoms with Gasteiger partial charge in [0.1, 0.15) is 0 Å². The van der Waals surface area contributed by atoms with Crippen molar-refractivity contribution in [1.82, 2.24) is 10.3 Å². The number of rotatable bonds is 4. The van der Waals surface area contributed by atoms with Crippen LogP contribution in [0.5, 0.6) is 0 Å². The lowest BCUT2D eigenvalue weighted by Gasteiger charge is -2.38. The summed E-state index contributed by atoms with van der Waals surface area (Å²) in [6.45, 7) is 2.19. The number of hydrogen-bond donors (Lipinski definition) is 1. The number of nitrogens with zero attached hydrogens (tertiary/aromatic N) is 1. The summed E-state index contributed by atoms with van der Waals surface area (Å²) in [6.07, 6.45) is 4.28. The van der Waals surface area contributed by atoms with Crippen molar-refractivity contribution < 1.29 is 0 Å². The Labute approximate surface area is 128 Å². The predicted octanol–water partition coefficient (Wildman–Crippen LogP) is 4.44. The van der Waals surface area contributed by atoms with Gasteiger partial charge in [-0.25, -0.2) is 0 Å². The summed E-state index contributed by atoms with van der Waals surface area (Å²) in [5.74, 6) is 0.680. The zero-order valence-electron chi connectivity index (χ0n) is 11.6. The van der Waals surface area contributed by atoms with Crippen molar-refractivity contribution in [1.29, 1.82) is 0 Å². The van der Waals surface area contributed by atoms with Gasteiger partial charge in [0, 0.05) is 22.8 Å². The van der Waals surface area contributed by atoms with Crippen molar-refractivity contribution in [2.45, 2.75) is 37.8 Å². The van der Waals surface area contributed by atoms with E-state index in [0.717, 1.165) is 5.69 Å². The molecule has 1 aliphatic rings. The minimum atomic E-state index is 0.321. The molecule has 0 bridgehead atoms. The van der Waals surface area contributed by atoms with Crippen LogP contribution in [0.3, 0.4) is 0 Å².